The first kappa shape index (κ1) is 12.5. The molecule has 1 amide bonds. The van der Waals surface area contributed by atoms with E-state index in [1.54, 1.807) is 30.6 Å². The molecule has 1 N–H and O–H groups in total. The van der Waals surface area contributed by atoms with E-state index in [9.17, 15) is 9.18 Å². The van der Waals surface area contributed by atoms with Crippen LogP contribution in [0.4, 0.5) is 10.1 Å². The minimum atomic E-state index is -0.452. The molecule has 0 fully saturated rings. The van der Waals surface area contributed by atoms with Gasteiger partial charge in [0.1, 0.15) is 5.82 Å². The molecule has 0 saturated heterocycles. The second-order valence-electron chi connectivity index (χ2n) is 3.35. The molecule has 1 heterocycles. The van der Waals surface area contributed by atoms with E-state index in [-0.39, 0.29) is 17.3 Å². The second kappa shape index (κ2) is 6.11. The quantitative estimate of drug-likeness (QED) is 0.679. The number of nitrogens with zero attached hydrogens (tertiary/aromatic N) is 2. The highest BCUT2D eigenvalue weighted by Gasteiger charge is 2.07. The Morgan fingerprint density at radius 2 is 1.94 bits per heavy atom. The number of benzene rings is 1. The topological polar surface area (TPSA) is 54.9 Å². The van der Waals surface area contributed by atoms with Gasteiger partial charge in [-0.25, -0.2) is 14.4 Å². The van der Waals surface area contributed by atoms with E-state index >= 15 is 0 Å². The van der Waals surface area contributed by atoms with E-state index in [1.807, 2.05) is 0 Å². The molecule has 0 aliphatic heterocycles. The van der Waals surface area contributed by atoms with Crippen LogP contribution >= 0.6 is 11.8 Å². The molecule has 2 aromatic rings. The van der Waals surface area contributed by atoms with Gasteiger partial charge in [0, 0.05) is 12.4 Å². The van der Waals surface area contributed by atoms with Crippen molar-refractivity contribution in [2.24, 2.45) is 0 Å². The van der Waals surface area contributed by atoms with E-state index in [0.717, 1.165) is 0 Å². The zero-order valence-electron chi connectivity index (χ0n) is 9.34. The predicted molar refractivity (Wildman–Crippen MR) is 67.8 cm³/mol. The number of thioether (sulfide) groups is 1. The Balaban J connectivity index is 1.88. The maximum Gasteiger partial charge on any atom is 0.234 e. The van der Waals surface area contributed by atoms with E-state index in [4.69, 9.17) is 0 Å². The lowest BCUT2D eigenvalue weighted by molar-refractivity contribution is -0.113. The van der Waals surface area contributed by atoms with Crippen molar-refractivity contribution in [3.63, 3.8) is 0 Å². The summed E-state index contributed by atoms with van der Waals surface area (Å²) < 4.78 is 13.3. The van der Waals surface area contributed by atoms with Crippen molar-refractivity contribution in [3.05, 3.63) is 48.5 Å². The molecule has 92 valence electrons. The first-order valence-electron chi connectivity index (χ1n) is 5.20. The number of nitrogens with one attached hydrogen (secondary N) is 1. The Bertz CT molecular complexity index is 536. The molecule has 2 rings (SSSR count). The van der Waals surface area contributed by atoms with Crippen molar-refractivity contribution < 1.29 is 9.18 Å². The van der Waals surface area contributed by atoms with Crippen molar-refractivity contribution in [2.45, 2.75) is 5.16 Å². The number of aromatic nitrogens is 2. The number of para-hydroxylation sites is 1. The van der Waals surface area contributed by atoms with Gasteiger partial charge in [-0.15, -0.1) is 0 Å². The summed E-state index contributed by atoms with van der Waals surface area (Å²) in [6.45, 7) is 0. The summed E-state index contributed by atoms with van der Waals surface area (Å²) in [5, 5.41) is 3.01. The van der Waals surface area contributed by atoms with E-state index in [2.05, 4.69) is 15.3 Å². The number of carbonyl (C=O) groups excluding carboxylic acids is 1. The lowest BCUT2D eigenvalue weighted by atomic mass is 10.3. The molecule has 0 saturated carbocycles. The Kier molecular flexibility index (Phi) is 4.25. The van der Waals surface area contributed by atoms with Gasteiger partial charge >= 0.3 is 0 Å². The summed E-state index contributed by atoms with van der Waals surface area (Å²) in [4.78, 5) is 19.5. The minimum Gasteiger partial charge on any atom is -0.323 e. The summed E-state index contributed by atoms with van der Waals surface area (Å²) in [5.74, 6) is -0.609. The molecule has 0 spiro atoms. The first-order chi connectivity index (χ1) is 8.75. The smallest absolute Gasteiger partial charge is 0.234 e. The SMILES string of the molecule is O=C(CSc1ncccn1)Nc1ccccc1F. The third-order valence-electron chi connectivity index (χ3n) is 2.02. The van der Waals surface area contributed by atoms with Crippen LogP contribution in [0.2, 0.25) is 0 Å². The summed E-state index contributed by atoms with van der Waals surface area (Å²) in [5.41, 5.74) is 0.178. The molecule has 18 heavy (non-hydrogen) atoms. The van der Waals surface area contributed by atoms with Gasteiger partial charge in [0.25, 0.3) is 0 Å². The van der Waals surface area contributed by atoms with Gasteiger partial charge in [0.15, 0.2) is 5.16 Å². The van der Waals surface area contributed by atoms with Gasteiger partial charge in [-0.2, -0.15) is 0 Å². The fraction of sp³-hybridized carbons (Fsp3) is 0.0833. The van der Waals surface area contributed by atoms with Crippen LogP contribution in [0.25, 0.3) is 0 Å². The van der Waals surface area contributed by atoms with Crippen LogP contribution in [0.1, 0.15) is 0 Å². The monoisotopic (exact) mass is 263 g/mol. The van der Waals surface area contributed by atoms with Crippen LogP contribution in [0, 0.1) is 5.82 Å². The van der Waals surface area contributed by atoms with Gasteiger partial charge in [0.05, 0.1) is 11.4 Å². The third kappa shape index (κ3) is 3.53. The molecule has 0 atom stereocenters. The molecule has 0 unspecified atom stereocenters. The largest absolute Gasteiger partial charge is 0.323 e. The number of hydrogen-bond donors (Lipinski definition) is 1. The number of anilines is 1. The summed E-state index contributed by atoms with van der Waals surface area (Å²) in [6.07, 6.45) is 3.20. The van der Waals surface area contributed by atoms with Crippen molar-refractivity contribution in [1.82, 2.24) is 9.97 Å². The number of halogens is 1. The van der Waals surface area contributed by atoms with Gasteiger partial charge < -0.3 is 5.32 Å². The van der Waals surface area contributed by atoms with Crippen LogP contribution < -0.4 is 5.32 Å². The number of amides is 1. The minimum absolute atomic E-state index is 0.137. The summed E-state index contributed by atoms with van der Waals surface area (Å²) in [7, 11) is 0. The molecular formula is C12H10FN3OS. The highest BCUT2D eigenvalue weighted by Crippen LogP contribution is 2.15. The van der Waals surface area contributed by atoms with E-state index in [0.29, 0.717) is 5.16 Å². The molecule has 0 aliphatic carbocycles. The molecule has 0 bridgehead atoms. The van der Waals surface area contributed by atoms with E-state index in [1.165, 1.54) is 23.9 Å². The number of hydrogen-bond acceptors (Lipinski definition) is 4. The standard InChI is InChI=1S/C12H10FN3OS/c13-9-4-1-2-5-10(9)16-11(17)8-18-12-14-6-3-7-15-12/h1-7H,8H2,(H,16,17). The number of rotatable bonds is 4. The third-order valence-corrected chi connectivity index (χ3v) is 2.90. The van der Waals surface area contributed by atoms with Crippen LogP contribution in [-0.2, 0) is 4.79 Å². The van der Waals surface area contributed by atoms with Gasteiger partial charge in [-0.3, -0.25) is 4.79 Å². The maximum absolute atomic E-state index is 13.3. The average Bonchev–Trinajstić information content (AvgIpc) is 2.40. The van der Waals surface area contributed by atoms with Gasteiger partial charge in [-0.05, 0) is 18.2 Å². The fourth-order valence-electron chi connectivity index (χ4n) is 1.24. The Labute approximate surface area is 108 Å². The Morgan fingerprint density at radius 1 is 1.22 bits per heavy atom. The normalized spacial score (nSPS) is 10.1. The van der Waals surface area contributed by atoms with Crippen molar-refractivity contribution >= 4 is 23.4 Å². The zero-order chi connectivity index (χ0) is 12.8. The van der Waals surface area contributed by atoms with Crippen LogP contribution in [0.15, 0.2) is 47.9 Å². The van der Waals surface area contributed by atoms with Crippen LogP contribution in [0.5, 0.6) is 0 Å². The first-order valence-corrected chi connectivity index (χ1v) is 6.18. The highest BCUT2D eigenvalue weighted by molar-refractivity contribution is 7.99. The van der Waals surface area contributed by atoms with Crippen LogP contribution in [0.3, 0.4) is 0 Å². The van der Waals surface area contributed by atoms with Crippen LogP contribution in [-0.4, -0.2) is 21.6 Å². The molecule has 0 radical (unpaired) electrons. The van der Waals surface area contributed by atoms with Crippen molar-refractivity contribution in [3.8, 4) is 0 Å². The van der Waals surface area contributed by atoms with Crippen molar-refractivity contribution in [1.29, 1.82) is 0 Å². The summed E-state index contributed by atoms with van der Waals surface area (Å²) >= 11 is 1.20. The van der Waals surface area contributed by atoms with Crippen molar-refractivity contribution in [2.75, 3.05) is 11.1 Å². The molecule has 1 aromatic heterocycles. The second-order valence-corrected chi connectivity index (χ2v) is 4.29. The average molecular weight is 263 g/mol. The molecule has 1 aromatic carbocycles. The molecular weight excluding hydrogens is 253 g/mol. The Morgan fingerprint density at radius 3 is 2.67 bits per heavy atom. The molecule has 6 heteroatoms. The molecule has 4 nitrogen and oxygen atoms in total. The predicted octanol–water partition coefficient (Wildman–Crippen LogP) is 2.35. The highest BCUT2D eigenvalue weighted by atomic mass is 32.2. The lowest BCUT2D eigenvalue weighted by Crippen LogP contribution is -2.15. The summed E-state index contributed by atoms with van der Waals surface area (Å²) in [6, 6.07) is 7.73. The number of carbonyl (C=O) groups is 1. The zero-order valence-corrected chi connectivity index (χ0v) is 10.2. The fourth-order valence-corrected chi connectivity index (χ4v) is 1.84. The van der Waals surface area contributed by atoms with Gasteiger partial charge in [-0.1, -0.05) is 23.9 Å². The van der Waals surface area contributed by atoms with E-state index < -0.39 is 5.82 Å². The maximum atomic E-state index is 13.3. The molecule has 0 aliphatic rings. The van der Waals surface area contributed by atoms with Gasteiger partial charge in [0.2, 0.25) is 5.91 Å². The Hall–Kier alpha value is -1.95. The lowest BCUT2D eigenvalue weighted by Gasteiger charge is -2.05.